The molecule has 124 valence electrons. The molecule has 0 aliphatic rings. The fourth-order valence-electron chi connectivity index (χ4n) is 2.27. The van der Waals surface area contributed by atoms with Gasteiger partial charge in [-0.05, 0) is 48.9 Å². The first-order chi connectivity index (χ1) is 10.9. The highest BCUT2D eigenvalue weighted by Gasteiger charge is 2.36. The standard InChI is InChI=1S/C17H21ClNO3P/c1-4-22-23(21,16-11-9-15(10-12-16)19(2)3)17(20)13-5-7-14(18)8-6-13/h5-12,17,20H,4H2,1-3H3/t17-,23+/m1/s1. The summed E-state index contributed by atoms with van der Waals surface area (Å²) in [5.74, 6) is -1.23. The molecule has 0 aromatic heterocycles. The van der Waals surface area contributed by atoms with Gasteiger partial charge in [-0.1, -0.05) is 23.7 Å². The second-order valence-corrected chi connectivity index (χ2v) is 8.25. The molecule has 0 aliphatic heterocycles. The lowest BCUT2D eigenvalue weighted by atomic mass is 10.2. The van der Waals surface area contributed by atoms with Crippen LogP contribution in [0.25, 0.3) is 0 Å². The molecule has 0 heterocycles. The zero-order chi connectivity index (χ0) is 17.0. The molecule has 0 aliphatic carbocycles. The van der Waals surface area contributed by atoms with Gasteiger partial charge in [0, 0.05) is 30.1 Å². The van der Waals surface area contributed by atoms with E-state index in [-0.39, 0.29) is 6.61 Å². The number of hydrogen-bond acceptors (Lipinski definition) is 4. The molecule has 0 saturated heterocycles. The number of aliphatic hydroxyl groups excluding tert-OH is 1. The maximum Gasteiger partial charge on any atom is 0.264 e. The van der Waals surface area contributed by atoms with Crippen molar-refractivity contribution in [2.45, 2.75) is 12.8 Å². The van der Waals surface area contributed by atoms with Crippen molar-refractivity contribution in [1.82, 2.24) is 0 Å². The van der Waals surface area contributed by atoms with Crippen LogP contribution in [-0.2, 0) is 9.09 Å². The number of anilines is 1. The van der Waals surface area contributed by atoms with Gasteiger partial charge in [-0.25, -0.2) is 0 Å². The highest BCUT2D eigenvalue weighted by atomic mass is 35.5. The SMILES string of the molecule is CCO[P@@](=O)(c1ccc(N(C)C)cc1)[C@@H](O)c1ccc(Cl)cc1. The number of aliphatic hydroxyl groups is 1. The van der Waals surface area contributed by atoms with Crippen LogP contribution in [0.15, 0.2) is 48.5 Å². The Morgan fingerprint density at radius 2 is 1.70 bits per heavy atom. The first kappa shape index (κ1) is 18.0. The molecule has 2 aromatic rings. The monoisotopic (exact) mass is 353 g/mol. The largest absolute Gasteiger partial charge is 0.378 e. The van der Waals surface area contributed by atoms with Crippen molar-refractivity contribution >= 4 is 30.0 Å². The Bertz CT molecular complexity index is 686. The Hall–Kier alpha value is -1.32. The fraction of sp³-hybridized carbons (Fsp3) is 0.294. The highest BCUT2D eigenvalue weighted by Crippen LogP contribution is 2.57. The minimum atomic E-state index is -3.46. The summed E-state index contributed by atoms with van der Waals surface area (Å²) >= 11 is 5.87. The van der Waals surface area contributed by atoms with Gasteiger partial charge in [-0.2, -0.15) is 0 Å². The van der Waals surface area contributed by atoms with Crippen LogP contribution < -0.4 is 10.2 Å². The van der Waals surface area contributed by atoms with E-state index in [4.69, 9.17) is 16.1 Å². The van der Waals surface area contributed by atoms with E-state index in [9.17, 15) is 9.67 Å². The van der Waals surface area contributed by atoms with Crippen LogP contribution in [-0.4, -0.2) is 25.8 Å². The van der Waals surface area contributed by atoms with E-state index in [2.05, 4.69) is 0 Å². The van der Waals surface area contributed by atoms with Crippen LogP contribution >= 0.6 is 19.0 Å². The Morgan fingerprint density at radius 1 is 1.13 bits per heavy atom. The third kappa shape index (κ3) is 3.96. The summed E-state index contributed by atoms with van der Waals surface area (Å²) < 4.78 is 18.9. The second-order valence-electron chi connectivity index (χ2n) is 5.35. The van der Waals surface area contributed by atoms with Crippen molar-refractivity contribution in [3.63, 3.8) is 0 Å². The molecule has 2 atom stereocenters. The van der Waals surface area contributed by atoms with Gasteiger partial charge < -0.3 is 14.5 Å². The van der Waals surface area contributed by atoms with E-state index in [0.29, 0.717) is 15.9 Å². The molecule has 0 saturated carbocycles. The van der Waals surface area contributed by atoms with Crippen LogP contribution in [0.1, 0.15) is 18.3 Å². The average molecular weight is 354 g/mol. The zero-order valence-corrected chi connectivity index (χ0v) is 15.1. The molecule has 0 spiro atoms. The van der Waals surface area contributed by atoms with Gasteiger partial charge >= 0.3 is 0 Å². The topological polar surface area (TPSA) is 49.8 Å². The summed E-state index contributed by atoms with van der Waals surface area (Å²) in [5, 5.41) is 11.7. The second kappa shape index (κ2) is 7.50. The molecule has 4 nitrogen and oxygen atoms in total. The van der Waals surface area contributed by atoms with Crippen molar-refractivity contribution in [2.75, 3.05) is 25.6 Å². The molecule has 1 N–H and O–H groups in total. The summed E-state index contributed by atoms with van der Waals surface area (Å²) in [4.78, 5) is 1.95. The molecule has 0 radical (unpaired) electrons. The lowest BCUT2D eigenvalue weighted by Crippen LogP contribution is -2.16. The first-order valence-corrected chi connectivity index (χ1v) is 9.41. The lowest BCUT2D eigenvalue weighted by molar-refractivity contribution is 0.218. The first-order valence-electron chi connectivity index (χ1n) is 7.34. The Kier molecular flexibility index (Phi) is 5.88. The third-order valence-corrected chi connectivity index (χ3v) is 6.39. The fourth-order valence-corrected chi connectivity index (χ4v) is 4.48. The summed E-state index contributed by atoms with van der Waals surface area (Å²) in [7, 11) is 0.405. The predicted octanol–water partition coefficient (Wildman–Crippen LogP) is 4.04. The summed E-state index contributed by atoms with van der Waals surface area (Å²) in [5.41, 5.74) is 1.50. The Morgan fingerprint density at radius 3 is 2.17 bits per heavy atom. The Labute approximate surface area is 142 Å². The van der Waals surface area contributed by atoms with Crippen molar-refractivity contribution in [3.8, 4) is 0 Å². The van der Waals surface area contributed by atoms with Crippen LogP contribution in [0, 0.1) is 0 Å². The zero-order valence-electron chi connectivity index (χ0n) is 13.4. The van der Waals surface area contributed by atoms with E-state index in [0.717, 1.165) is 5.69 Å². The molecular weight excluding hydrogens is 333 g/mol. The van der Waals surface area contributed by atoms with Crippen molar-refractivity contribution in [2.24, 2.45) is 0 Å². The molecule has 6 heteroatoms. The van der Waals surface area contributed by atoms with E-state index >= 15 is 0 Å². The predicted molar refractivity (Wildman–Crippen MR) is 96.0 cm³/mol. The van der Waals surface area contributed by atoms with Crippen molar-refractivity contribution < 1.29 is 14.2 Å². The Balaban J connectivity index is 2.41. The van der Waals surface area contributed by atoms with Gasteiger partial charge in [0.2, 0.25) is 0 Å². The van der Waals surface area contributed by atoms with Crippen LogP contribution in [0.3, 0.4) is 0 Å². The van der Waals surface area contributed by atoms with Crippen molar-refractivity contribution in [1.29, 1.82) is 0 Å². The van der Waals surface area contributed by atoms with Gasteiger partial charge in [-0.15, -0.1) is 0 Å². The van der Waals surface area contributed by atoms with Gasteiger partial charge in [0.25, 0.3) is 7.37 Å². The van der Waals surface area contributed by atoms with E-state index in [1.54, 1.807) is 43.3 Å². The average Bonchev–Trinajstić information content (AvgIpc) is 2.55. The normalized spacial score (nSPS) is 15.0. The lowest BCUT2D eigenvalue weighted by Gasteiger charge is -2.24. The van der Waals surface area contributed by atoms with E-state index < -0.39 is 13.2 Å². The van der Waals surface area contributed by atoms with E-state index in [1.165, 1.54) is 0 Å². The summed E-state index contributed by atoms with van der Waals surface area (Å²) in [6.07, 6.45) is 0. The molecular formula is C17H21ClNO3P. The summed E-state index contributed by atoms with van der Waals surface area (Å²) in [6, 6.07) is 13.8. The number of rotatable bonds is 6. The molecule has 0 unspecified atom stereocenters. The molecule has 0 bridgehead atoms. The number of benzene rings is 2. The third-order valence-electron chi connectivity index (χ3n) is 3.54. The number of halogens is 1. The number of nitrogens with zero attached hydrogens (tertiary/aromatic N) is 1. The molecule has 0 fully saturated rings. The minimum absolute atomic E-state index is 0.247. The maximum atomic E-state index is 13.4. The minimum Gasteiger partial charge on any atom is -0.378 e. The number of hydrogen-bond donors (Lipinski definition) is 1. The summed E-state index contributed by atoms with van der Waals surface area (Å²) in [6.45, 7) is 2.01. The van der Waals surface area contributed by atoms with Gasteiger partial charge in [0.1, 0.15) is 0 Å². The van der Waals surface area contributed by atoms with Gasteiger partial charge in [0.15, 0.2) is 5.85 Å². The maximum absolute atomic E-state index is 13.4. The molecule has 2 aromatic carbocycles. The molecule has 23 heavy (non-hydrogen) atoms. The van der Waals surface area contributed by atoms with Crippen LogP contribution in [0.4, 0.5) is 5.69 Å². The molecule has 2 rings (SSSR count). The van der Waals surface area contributed by atoms with Crippen molar-refractivity contribution in [3.05, 3.63) is 59.1 Å². The smallest absolute Gasteiger partial charge is 0.264 e. The quantitative estimate of drug-likeness (QED) is 0.796. The van der Waals surface area contributed by atoms with Crippen LogP contribution in [0.5, 0.6) is 0 Å². The van der Waals surface area contributed by atoms with Gasteiger partial charge in [-0.3, -0.25) is 4.57 Å². The van der Waals surface area contributed by atoms with Crippen LogP contribution in [0.2, 0.25) is 5.02 Å². The van der Waals surface area contributed by atoms with E-state index in [1.807, 2.05) is 31.1 Å². The van der Waals surface area contributed by atoms with Gasteiger partial charge in [0.05, 0.1) is 6.61 Å². The molecule has 0 amide bonds. The highest BCUT2D eigenvalue weighted by molar-refractivity contribution is 7.67.